The predicted octanol–water partition coefficient (Wildman–Crippen LogP) is 3.94. The van der Waals surface area contributed by atoms with Gasteiger partial charge in [-0.15, -0.1) is 0 Å². The summed E-state index contributed by atoms with van der Waals surface area (Å²) in [6.45, 7) is 4.35. The summed E-state index contributed by atoms with van der Waals surface area (Å²) < 4.78 is 0. The van der Waals surface area contributed by atoms with Crippen LogP contribution in [0.1, 0.15) is 61.6 Å². The first-order chi connectivity index (χ1) is 9.15. The second kappa shape index (κ2) is 5.87. The number of benzene rings is 1. The molecule has 0 aliphatic carbocycles. The Balaban J connectivity index is 2.36. The summed E-state index contributed by atoms with van der Waals surface area (Å²) in [5.74, 6) is 0.522. The van der Waals surface area contributed by atoms with Gasteiger partial charge in [-0.2, -0.15) is 0 Å². The first-order valence-electron chi connectivity index (χ1n) is 6.88. The zero-order chi connectivity index (χ0) is 13.8. The van der Waals surface area contributed by atoms with Gasteiger partial charge in [-0.25, -0.2) is 9.78 Å². The monoisotopic (exact) mass is 260 g/mol. The minimum absolute atomic E-state index is 0.297. The highest BCUT2D eigenvalue weighted by Gasteiger charge is 2.15. The first kappa shape index (κ1) is 13.6. The summed E-state index contributed by atoms with van der Waals surface area (Å²) in [6.07, 6.45) is 4.48. The highest BCUT2D eigenvalue weighted by molar-refractivity contribution is 5.92. The van der Waals surface area contributed by atoms with Crippen molar-refractivity contribution < 1.29 is 9.90 Å². The largest absolute Gasteiger partial charge is 0.478 e. The van der Waals surface area contributed by atoms with E-state index in [1.807, 2.05) is 0 Å². The van der Waals surface area contributed by atoms with Crippen LogP contribution >= 0.6 is 0 Å². The number of carbonyl (C=O) groups is 1. The molecule has 19 heavy (non-hydrogen) atoms. The quantitative estimate of drug-likeness (QED) is 0.826. The summed E-state index contributed by atoms with van der Waals surface area (Å²) in [4.78, 5) is 18.8. The van der Waals surface area contributed by atoms with Crippen LogP contribution in [0.3, 0.4) is 0 Å². The number of carboxylic acid groups (broad SMARTS) is 1. The van der Waals surface area contributed by atoms with Crippen molar-refractivity contribution in [2.75, 3.05) is 0 Å². The van der Waals surface area contributed by atoms with Crippen molar-refractivity contribution in [2.24, 2.45) is 0 Å². The third-order valence-electron chi connectivity index (χ3n) is 3.41. The Hall–Kier alpha value is -1.84. The lowest BCUT2D eigenvalue weighted by atomic mass is 9.98. The molecule has 0 bridgehead atoms. The van der Waals surface area contributed by atoms with Crippen LogP contribution in [0.4, 0.5) is 0 Å². The molecule has 2 N–H and O–H groups in total. The Morgan fingerprint density at radius 2 is 2.00 bits per heavy atom. The van der Waals surface area contributed by atoms with Gasteiger partial charge in [0.15, 0.2) is 0 Å². The normalized spacial score (nSPS) is 11.3. The van der Waals surface area contributed by atoms with E-state index in [0.717, 1.165) is 42.5 Å². The summed E-state index contributed by atoms with van der Waals surface area (Å²) in [7, 11) is 0. The van der Waals surface area contributed by atoms with Crippen LogP contribution in [0, 0.1) is 0 Å². The maximum atomic E-state index is 11.0. The fourth-order valence-electron chi connectivity index (χ4n) is 2.47. The van der Waals surface area contributed by atoms with Gasteiger partial charge in [-0.3, -0.25) is 0 Å². The maximum absolute atomic E-state index is 11.0. The van der Waals surface area contributed by atoms with Crippen molar-refractivity contribution >= 4 is 17.0 Å². The predicted molar refractivity (Wildman–Crippen MR) is 75.6 cm³/mol. The van der Waals surface area contributed by atoms with E-state index >= 15 is 0 Å². The molecular formula is C15H20N2O2. The van der Waals surface area contributed by atoms with E-state index in [9.17, 15) is 4.79 Å². The molecule has 2 rings (SSSR count). The number of fused-ring (bicyclic) bond motifs is 1. The summed E-state index contributed by atoms with van der Waals surface area (Å²) in [6, 6.07) is 5.03. The Morgan fingerprint density at radius 3 is 2.58 bits per heavy atom. The highest BCUT2D eigenvalue weighted by Crippen LogP contribution is 2.26. The van der Waals surface area contributed by atoms with Crippen LogP contribution < -0.4 is 0 Å². The number of aromatic amines is 1. The molecule has 4 heteroatoms. The Kier molecular flexibility index (Phi) is 4.20. The molecule has 0 fully saturated rings. The van der Waals surface area contributed by atoms with Crippen LogP contribution in [0.15, 0.2) is 18.2 Å². The second-order valence-corrected chi connectivity index (χ2v) is 4.93. The van der Waals surface area contributed by atoms with Gasteiger partial charge in [0.25, 0.3) is 0 Å². The van der Waals surface area contributed by atoms with Crippen molar-refractivity contribution in [3.8, 4) is 0 Å². The van der Waals surface area contributed by atoms with E-state index in [1.165, 1.54) is 0 Å². The topological polar surface area (TPSA) is 66.0 Å². The molecule has 1 aromatic heterocycles. The number of imidazole rings is 1. The van der Waals surface area contributed by atoms with Gasteiger partial charge in [0.1, 0.15) is 5.82 Å². The van der Waals surface area contributed by atoms with E-state index in [-0.39, 0.29) is 0 Å². The number of aromatic carboxylic acids is 1. The lowest BCUT2D eigenvalue weighted by Gasteiger charge is -2.11. The summed E-state index contributed by atoms with van der Waals surface area (Å²) in [5, 5.41) is 8.99. The van der Waals surface area contributed by atoms with E-state index in [1.54, 1.807) is 18.2 Å². The molecule has 0 aliphatic heterocycles. The minimum Gasteiger partial charge on any atom is -0.478 e. The van der Waals surface area contributed by atoms with Gasteiger partial charge in [-0.1, -0.05) is 26.7 Å². The van der Waals surface area contributed by atoms with Crippen LogP contribution in [-0.4, -0.2) is 21.0 Å². The van der Waals surface area contributed by atoms with E-state index in [2.05, 4.69) is 23.8 Å². The molecule has 2 aromatic rings. The van der Waals surface area contributed by atoms with Crippen molar-refractivity contribution in [1.29, 1.82) is 0 Å². The molecular weight excluding hydrogens is 240 g/mol. The van der Waals surface area contributed by atoms with Crippen molar-refractivity contribution in [3.05, 3.63) is 29.6 Å². The molecule has 0 unspecified atom stereocenters. The molecule has 0 radical (unpaired) electrons. The van der Waals surface area contributed by atoms with Crippen LogP contribution in [0.5, 0.6) is 0 Å². The molecule has 0 saturated heterocycles. The smallest absolute Gasteiger partial charge is 0.335 e. The van der Waals surface area contributed by atoms with E-state index < -0.39 is 5.97 Å². The molecule has 0 aliphatic rings. The highest BCUT2D eigenvalue weighted by atomic mass is 16.4. The lowest BCUT2D eigenvalue weighted by Crippen LogP contribution is -2.00. The molecule has 1 heterocycles. The number of carboxylic acids is 1. The fraction of sp³-hybridized carbons (Fsp3) is 0.467. The van der Waals surface area contributed by atoms with Crippen molar-refractivity contribution in [3.63, 3.8) is 0 Å². The van der Waals surface area contributed by atoms with Gasteiger partial charge in [0.05, 0.1) is 16.6 Å². The molecule has 0 amide bonds. The van der Waals surface area contributed by atoms with Gasteiger partial charge >= 0.3 is 5.97 Å². The molecule has 0 saturated carbocycles. The molecule has 1 aromatic carbocycles. The van der Waals surface area contributed by atoms with Crippen LogP contribution in [0.25, 0.3) is 11.0 Å². The standard InChI is InChI=1S/C15H20N2O2/c1-3-5-10(6-4-2)14-16-12-8-7-11(15(18)19)9-13(12)17-14/h7-10H,3-6H2,1-2H3,(H,16,17)(H,18,19). The average Bonchev–Trinajstić information content (AvgIpc) is 2.80. The van der Waals surface area contributed by atoms with Crippen LogP contribution in [0.2, 0.25) is 0 Å². The number of H-pyrrole nitrogens is 1. The van der Waals surface area contributed by atoms with E-state index in [4.69, 9.17) is 5.11 Å². The number of aromatic nitrogens is 2. The average molecular weight is 260 g/mol. The second-order valence-electron chi connectivity index (χ2n) is 4.93. The minimum atomic E-state index is -0.906. The van der Waals surface area contributed by atoms with Gasteiger partial charge < -0.3 is 10.1 Å². The van der Waals surface area contributed by atoms with Gasteiger partial charge in [0, 0.05) is 5.92 Å². The van der Waals surface area contributed by atoms with Crippen LogP contribution in [-0.2, 0) is 0 Å². The van der Waals surface area contributed by atoms with Crippen molar-refractivity contribution in [2.45, 2.75) is 45.4 Å². The number of hydrogen-bond donors (Lipinski definition) is 2. The maximum Gasteiger partial charge on any atom is 0.335 e. The third-order valence-corrected chi connectivity index (χ3v) is 3.41. The van der Waals surface area contributed by atoms with Gasteiger partial charge in [0.2, 0.25) is 0 Å². The third kappa shape index (κ3) is 2.95. The molecule has 4 nitrogen and oxygen atoms in total. The fourth-order valence-corrected chi connectivity index (χ4v) is 2.47. The molecule has 102 valence electrons. The SMILES string of the molecule is CCCC(CCC)c1nc2ccc(C(=O)O)cc2[nH]1. The molecule has 0 atom stereocenters. The summed E-state index contributed by atoms with van der Waals surface area (Å²) in [5.41, 5.74) is 1.95. The Labute approximate surface area is 112 Å². The Morgan fingerprint density at radius 1 is 1.32 bits per heavy atom. The lowest BCUT2D eigenvalue weighted by molar-refractivity contribution is 0.0697. The Bertz CT molecular complexity index is 569. The van der Waals surface area contributed by atoms with E-state index in [0.29, 0.717) is 11.5 Å². The first-order valence-corrected chi connectivity index (χ1v) is 6.88. The van der Waals surface area contributed by atoms with Gasteiger partial charge in [-0.05, 0) is 31.0 Å². The zero-order valence-corrected chi connectivity index (χ0v) is 11.4. The molecule has 0 spiro atoms. The number of nitrogens with one attached hydrogen (secondary N) is 1. The zero-order valence-electron chi connectivity index (χ0n) is 11.4. The summed E-state index contributed by atoms with van der Waals surface area (Å²) >= 11 is 0. The number of hydrogen-bond acceptors (Lipinski definition) is 2. The van der Waals surface area contributed by atoms with Crippen molar-refractivity contribution in [1.82, 2.24) is 9.97 Å². The number of rotatable bonds is 6. The number of nitrogens with zero attached hydrogens (tertiary/aromatic N) is 1.